The van der Waals surface area contributed by atoms with Gasteiger partial charge in [0.1, 0.15) is 11.3 Å². The van der Waals surface area contributed by atoms with Crippen LogP contribution in [0.15, 0.2) is 30.7 Å². The van der Waals surface area contributed by atoms with Crippen LogP contribution in [-0.4, -0.2) is 31.9 Å². The van der Waals surface area contributed by atoms with Crippen LogP contribution in [0.25, 0.3) is 22.2 Å². The molecule has 1 amide bonds. The highest BCUT2D eigenvalue weighted by atomic mass is 19.1. The number of rotatable bonds is 7. The predicted octanol–water partition coefficient (Wildman–Crippen LogP) is 6.33. The number of halogens is 2. The van der Waals surface area contributed by atoms with Gasteiger partial charge >= 0.3 is 0 Å². The lowest BCUT2D eigenvalue weighted by molar-refractivity contribution is -0.127. The quantitative estimate of drug-likeness (QED) is 0.416. The number of carbonyl (C=O) groups excluding carboxylic acids is 2. The highest BCUT2D eigenvalue weighted by Gasteiger charge is 2.50. The molecule has 0 bridgehead atoms. The van der Waals surface area contributed by atoms with Crippen molar-refractivity contribution < 1.29 is 18.4 Å². The van der Waals surface area contributed by atoms with Crippen LogP contribution in [0.5, 0.6) is 0 Å². The van der Waals surface area contributed by atoms with Gasteiger partial charge in [-0.1, -0.05) is 6.42 Å². The number of alkyl halides is 1. The Labute approximate surface area is 209 Å². The van der Waals surface area contributed by atoms with Crippen LogP contribution in [0.2, 0.25) is 0 Å². The van der Waals surface area contributed by atoms with E-state index < -0.39 is 11.5 Å². The number of aromatic nitrogens is 3. The fraction of sp³-hybridized carbons (Fsp3) is 0.500. The summed E-state index contributed by atoms with van der Waals surface area (Å²) in [4.78, 5) is 33.9. The van der Waals surface area contributed by atoms with Crippen molar-refractivity contribution in [2.24, 2.45) is 11.8 Å². The molecule has 2 fully saturated rings. The Morgan fingerprint density at radius 1 is 1.19 bits per heavy atom. The Morgan fingerprint density at radius 3 is 2.69 bits per heavy atom. The Bertz CT molecular complexity index is 1330. The van der Waals surface area contributed by atoms with E-state index in [0.29, 0.717) is 41.7 Å². The summed E-state index contributed by atoms with van der Waals surface area (Å²) in [5.74, 6) is -0.647. The first-order valence-electron chi connectivity index (χ1n) is 12.8. The zero-order valence-electron chi connectivity index (χ0n) is 21.0. The van der Waals surface area contributed by atoms with Crippen molar-refractivity contribution in [3.8, 4) is 11.1 Å². The average Bonchev–Trinajstić information content (AvgIpc) is 3.44. The predicted molar refractivity (Wildman–Crippen MR) is 135 cm³/mol. The summed E-state index contributed by atoms with van der Waals surface area (Å²) in [6.07, 6.45) is 7.20. The number of nitrogens with zero attached hydrogens (tertiary/aromatic N) is 3. The standard InChI is InChI=1S/C28H32F2N4O2/c1-16(2)34-15-32-26-22(29)11-20(12-23(26)34)21-13-25(31-14-17(21)3)33-27(36)19-6-4-5-18(9-19)10-24(35)28(30)7-8-28/h11-16,18-19H,4-10H2,1-3H3,(H,31,33,36)/t18-,19+/m1/s1. The van der Waals surface area contributed by atoms with E-state index in [1.54, 1.807) is 18.6 Å². The van der Waals surface area contributed by atoms with Gasteiger partial charge in [0.15, 0.2) is 17.3 Å². The van der Waals surface area contributed by atoms with Crippen LogP contribution in [0, 0.1) is 24.6 Å². The van der Waals surface area contributed by atoms with E-state index in [0.717, 1.165) is 30.4 Å². The molecule has 2 atom stereocenters. The lowest BCUT2D eigenvalue weighted by Crippen LogP contribution is -2.30. The Balaban J connectivity index is 1.33. The summed E-state index contributed by atoms with van der Waals surface area (Å²) >= 11 is 0. The minimum Gasteiger partial charge on any atom is -0.328 e. The molecule has 0 radical (unpaired) electrons. The Hall–Kier alpha value is -3.16. The van der Waals surface area contributed by atoms with Crippen LogP contribution < -0.4 is 5.32 Å². The van der Waals surface area contributed by atoms with Crippen molar-refractivity contribution in [1.82, 2.24) is 14.5 Å². The fourth-order valence-corrected chi connectivity index (χ4v) is 5.34. The van der Waals surface area contributed by atoms with Gasteiger partial charge < -0.3 is 9.88 Å². The number of benzene rings is 1. The number of Topliss-reactive ketones (excluding diaryl/α,β-unsaturated/α-hetero) is 1. The molecule has 0 aliphatic heterocycles. The summed E-state index contributed by atoms with van der Waals surface area (Å²) in [7, 11) is 0. The molecule has 2 aliphatic rings. The first-order chi connectivity index (χ1) is 17.1. The molecule has 1 aromatic carbocycles. The molecule has 8 heteroatoms. The molecule has 36 heavy (non-hydrogen) atoms. The molecule has 3 aromatic rings. The molecule has 2 saturated carbocycles. The number of imidazole rings is 1. The molecule has 1 N–H and O–H groups in total. The molecule has 0 unspecified atom stereocenters. The average molecular weight is 495 g/mol. The minimum atomic E-state index is -1.60. The van der Waals surface area contributed by atoms with Gasteiger partial charge in [0.2, 0.25) is 5.91 Å². The molecule has 2 aliphatic carbocycles. The van der Waals surface area contributed by atoms with Crippen molar-refractivity contribution in [3.63, 3.8) is 0 Å². The summed E-state index contributed by atoms with van der Waals surface area (Å²) in [5, 5.41) is 2.92. The number of anilines is 1. The smallest absolute Gasteiger partial charge is 0.228 e. The third kappa shape index (κ3) is 4.77. The van der Waals surface area contributed by atoms with E-state index in [9.17, 15) is 18.4 Å². The van der Waals surface area contributed by atoms with Crippen LogP contribution in [0.3, 0.4) is 0 Å². The lowest BCUT2D eigenvalue weighted by Gasteiger charge is -2.28. The highest BCUT2D eigenvalue weighted by molar-refractivity contribution is 5.93. The number of carbonyl (C=O) groups is 2. The van der Waals surface area contributed by atoms with Crippen molar-refractivity contribution in [3.05, 3.63) is 42.1 Å². The van der Waals surface area contributed by atoms with Crippen molar-refractivity contribution in [2.45, 2.75) is 77.4 Å². The van der Waals surface area contributed by atoms with E-state index in [1.165, 1.54) is 6.07 Å². The zero-order chi connectivity index (χ0) is 25.6. The normalized spacial score (nSPS) is 21.1. The fourth-order valence-electron chi connectivity index (χ4n) is 5.34. The molecule has 2 heterocycles. The highest BCUT2D eigenvalue weighted by Crippen LogP contribution is 2.43. The molecule has 6 nitrogen and oxygen atoms in total. The van der Waals surface area contributed by atoms with Gasteiger partial charge in [0, 0.05) is 24.6 Å². The number of hydrogen-bond acceptors (Lipinski definition) is 4. The van der Waals surface area contributed by atoms with Gasteiger partial charge in [-0.05, 0) is 93.7 Å². The van der Waals surface area contributed by atoms with E-state index in [-0.39, 0.29) is 36.0 Å². The minimum absolute atomic E-state index is 0.0391. The molecular formula is C28H32F2N4O2. The largest absolute Gasteiger partial charge is 0.328 e. The first-order valence-corrected chi connectivity index (χ1v) is 12.8. The van der Waals surface area contributed by atoms with Crippen molar-refractivity contribution in [2.75, 3.05) is 5.32 Å². The third-order valence-electron chi connectivity index (χ3n) is 7.67. The van der Waals surface area contributed by atoms with Crippen molar-refractivity contribution in [1.29, 1.82) is 0 Å². The second-order valence-electron chi connectivity index (χ2n) is 10.8. The van der Waals surface area contributed by atoms with E-state index in [4.69, 9.17) is 0 Å². The van der Waals surface area contributed by atoms with E-state index >= 15 is 0 Å². The molecule has 5 rings (SSSR count). The Morgan fingerprint density at radius 2 is 1.97 bits per heavy atom. The zero-order valence-corrected chi connectivity index (χ0v) is 21.0. The van der Waals surface area contributed by atoms with Gasteiger partial charge in [-0.15, -0.1) is 0 Å². The second kappa shape index (κ2) is 9.37. The topological polar surface area (TPSA) is 76.9 Å². The number of aryl methyl sites for hydroxylation is 1. The number of pyridine rings is 1. The number of fused-ring (bicyclic) bond motifs is 1. The summed E-state index contributed by atoms with van der Waals surface area (Å²) in [5.41, 5.74) is 1.77. The van der Waals surface area contributed by atoms with Gasteiger partial charge in [0.05, 0.1) is 11.8 Å². The monoisotopic (exact) mass is 494 g/mol. The molecular weight excluding hydrogens is 462 g/mol. The molecule has 190 valence electrons. The third-order valence-corrected chi connectivity index (χ3v) is 7.67. The maximum atomic E-state index is 14.9. The number of hydrogen-bond donors (Lipinski definition) is 1. The van der Waals surface area contributed by atoms with Gasteiger partial charge in [0.25, 0.3) is 0 Å². The Kier molecular flexibility index (Phi) is 6.39. The van der Waals surface area contributed by atoms with Crippen LogP contribution >= 0.6 is 0 Å². The summed E-state index contributed by atoms with van der Waals surface area (Å²) < 4.78 is 30.9. The van der Waals surface area contributed by atoms with Crippen LogP contribution in [0.4, 0.5) is 14.6 Å². The first kappa shape index (κ1) is 24.5. The number of nitrogens with one attached hydrogen (secondary N) is 1. The van der Waals surface area contributed by atoms with Gasteiger partial charge in [-0.2, -0.15) is 0 Å². The van der Waals surface area contributed by atoms with Crippen molar-refractivity contribution >= 4 is 28.5 Å². The van der Waals surface area contributed by atoms with E-state index in [2.05, 4.69) is 15.3 Å². The van der Waals surface area contributed by atoms with E-state index in [1.807, 2.05) is 31.4 Å². The van der Waals surface area contributed by atoms with Gasteiger partial charge in [-0.25, -0.2) is 18.7 Å². The maximum absolute atomic E-state index is 14.9. The summed E-state index contributed by atoms with van der Waals surface area (Å²) in [6, 6.07) is 5.29. The molecule has 2 aromatic heterocycles. The SMILES string of the molecule is Cc1cnc(NC(=O)[C@H]2CCC[C@@H](CC(=O)C3(F)CC3)C2)cc1-c1cc(F)c2ncn(C(C)C)c2c1. The molecule has 0 saturated heterocycles. The summed E-state index contributed by atoms with van der Waals surface area (Å²) in [6.45, 7) is 5.94. The van der Waals surface area contributed by atoms with Crippen LogP contribution in [-0.2, 0) is 9.59 Å². The maximum Gasteiger partial charge on any atom is 0.228 e. The lowest BCUT2D eigenvalue weighted by atomic mass is 9.78. The number of amides is 1. The number of ketones is 1. The molecule has 0 spiro atoms. The van der Waals surface area contributed by atoms with Gasteiger partial charge in [-0.3, -0.25) is 9.59 Å². The van der Waals surface area contributed by atoms with Crippen LogP contribution in [0.1, 0.15) is 70.4 Å². The second-order valence-corrected chi connectivity index (χ2v) is 10.8.